The Labute approximate surface area is 117 Å². The highest BCUT2D eigenvalue weighted by Crippen LogP contribution is 2.32. The Morgan fingerprint density at radius 1 is 1.21 bits per heavy atom. The van der Waals surface area contributed by atoms with E-state index < -0.39 is 8.07 Å². The third-order valence-electron chi connectivity index (χ3n) is 4.36. The van der Waals surface area contributed by atoms with Gasteiger partial charge in [-0.2, -0.15) is 0 Å². The standard InChI is InChI=1S/C17H24OSi/c1-2-3-7-12-19(17-8-5-4-6-9-17)13-10-16(15-18)11-14-19/h4-9,12,15-16H,2-3,10-11,13-14H2,1H3. The number of aldehydes is 1. The molecule has 2 rings (SSSR count). The Hall–Kier alpha value is -1.15. The predicted molar refractivity (Wildman–Crippen MR) is 84.3 cm³/mol. The number of hydrogen-bond acceptors (Lipinski definition) is 1. The number of benzene rings is 1. The lowest BCUT2D eigenvalue weighted by molar-refractivity contribution is -0.111. The van der Waals surface area contributed by atoms with Crippen molar-refractivity contribution in [2.45, 2.75) is 44.7 Å². The Kier molecular flexibility index (Phi) is 5.14. The maximum absolute atomic E-state index is 11.0. The molecular formula is C17H24OSi. The van der Waals surface area contributed by atoms with E-state index in [9.17, 15) is 4.79 Å². The summed E-state index contributed by atoms with van der Waals surface area (Å²) in [6, 6.07) is 13.5. The molecule has 0 aromatic heterocycles. The van der Waals surface area contributed by atoms with Gasteiger partial charge >= 0.3 is 0 Å². The number of carbonyl (C=O) groups excluding carboxylic acids is 1. The van der Waals surface area contributed by atoms with Gasteiger partial charge < -0.3 is 4.79 Å². The molecule has 0 aliphatic carbocycles. The van der Waals surface area contributed by atoms with Crippen LogP contribution in [0, 0.1) is 5.92 Å². The Bertz CT molecular complexity index is 416. The van der Waals surface area contributed by atoms with E-state index in [4.69, 9.17) is 0 Å². The van der Waals surface area contributed by atoms with Gasteiger partial charge in [0.25, 0.3) is 0 Å². The average Bonchev–Trinajstić information content (AvgIpc) is 2.49. The molecule has 0 unspecified atom stereocenters. The normalized spacial score (nSPS) is 27.5. The van der Waals surface area contributed by atoms with Crippen molar-refractivity contribution in [1.82, 2.24) is 0 Å². The lowest BCUT2D eigenvalue weighted by atomic mass is 10.1. The van der Waals surface area contributed by atoms with Crippen LogP contribution in [0.5, 0.6) is 0 Å². The molecule has 1 aromatic carbocycles. The van der Waals surface area contributed by atoms with Gasteiger partial charge in [-0.1, -0.05) is 60.6 Å². The molecule has 1 heterocycles. The summed E-state index contributed by atoms with van der Waals surface area (Å²) in [4.78, 5) is 11.0. The molecule has 0 N–H and O–H groups in total. The fourth-order valence-electron chi connectivity index (χ4n) is 3.09. The molecule has 1 fully saturated rings. The van der Waals surface area contributed by atoms with E-state index in [0.29, 0.717) is 5.92 Å². The molecule has 1 saturated heterocycles. The van der Waals surface area contributed by atoms with Gasteiger partial charge in [-0.25, -0.2) is 0 Å². The molecular weight excluding hydrogens is 248 g/mol. The topological polar surface area (TPSA) is 17.1 Å². The van der Waals surface area contributed by atoms with E-state index in [1.54, 1.807) is 5.19 Å². The lowest BCUT2D eigenvalue weighted by Crippen LogP contribution is -2.48. The molecule has 1 aromatic rings. The van der Waals surface area contributed by atoms with Crippen LogP contribution in [0.3, 0.4) is 0 Å². The monoisotopic (exact) mass is 272 g/mol. The molecule has 0 atom stereocenters. The number of allylic oxidation sites excluding steroid dienone is 1. The second-order valence-corrected chi connectivity index (χ2v) is 9.91. The van der Waals surface area contributed by atoms with Crippen molar-refractivity contribution in [1.29, 1.82) is 0 Å². The third-order valence-corrected chi connectivity index (χ3v) is 9.07. The maximum Gasteiger partial charge on any atom is 0.123 e. The molecule has 19 heavy (non-hydrogen) atoms. The molecule has 0 saturated carbocycles. The molecule has 102 valence electrons. The van der Waals surface area contributed by atoms with Crippen LogP contribution in [-0.4, -0.2) is 14.4 Å². The minimum absolute atomic E-state index is 0.309. The summed E-state index contributed by atoms with van der Waals surface area (Å²) in [6.45, 7) is 2.23. The van der Waals surface area contributed by atoms with E-state index >= 15 is 0 Å². The first-order valence-electron chi connectivity index (χ1n) is 7.49. The second kappa shape index (κ2) is 6.85. The van der Waals surface area contributed by atoms with Gasteiger partial charge in [0.05, 0.1) is 0 Å². The molecule has 1 aliphatic rings. The minimum Gasteiger partial charge on any atom is -0.303 e. The summed E-state index contributed by atoms with van der Waals surface area (Å²) < 4.78 is 0. The van der Waals surface area contributed by atoms with Crippen molar-refractivity contribution < 1.29 is 4.79 Å². The van der Waals surface area contributed by atoms with Crippen molar-refractivity contribution in [3.8, 4) is 0 Å². The largest absolute Gasteiger partial charge is 0.303 e. The molecule has 0 bridgehead atoms. The lowest BCUT2D eigenvalue weighted by Gasteiger charge is -2.35. The van der Waals surface area contributed by atoms with Crippen molar-refractivity contribution >= 4 is 19.5 Å². The first-order valence-corrected chi connectivity index (χ1v) is 9.98. The highest BCUT2D eigenvalue weighted by Gasteiger charge is 2.36. The molecule has 0 spiro atoms. The smallest absolute Gasteiger partial charge is 0.123 e. The first kappa shape index (κ1) is 14.3. The summed E-state index contributed by atoms with van der Waals surface area (Å²) in [5.74, 6) is 0.309. The zero-order valence-electron chi connectivity index (χ0n) is 11.8. The zero-order valence-corrected chi connectivity index (χ0v) is 12.8. The molecule has 1 nitrogen and oxygen atoms in total. The minimum atomic E-state index is -1.49. The third kappa shape index (κ3) is 3.44. The van der Waals surface area contributed by atoms with Crippen molar-refractivity contribution in [3.05, 3.63) is 42.1 Å². The van der Waals surface area contributed by atoms with Crippen LogP contribution in [0.25, 0.3) is 0 Å². The fourth-order valence-corrected chi connectivity index (χ4v) is 7.69. The van der Waals surface area contributed by atoms with Crippen molar-refractivity contribution in [2.75, 3.05) is 0 Å². The molecule has 0 amide bonds. The van der Waals surface area contributed by atoms with Crippen LogP contribution in [0.2, 0.25) is 12.1 Å². The first-order chi connectivity index (χ1) is 9.30. The van der Waals surface area contributed by atoms with Gasteiger partial charge in [-0.3, -0.25) is 0 Å². The van der Waals surface area contributed by atoms with Crippen molar-refractivity contribution in [3.63, 3.8) is 0 Å². The van der Waals surface area contributed by atoms with E-state index in [1.165, 1.54) is 31.2 Å². The Balaban J connectivity index is 2.22. The van der Waals surface area contributed by atoms with Crippen LogP contribution in [-0.2, 0) is 4.79 Å². The number of unbranched alkanes of at least 4 members (excludes halogenated alkanes) is 1. The van der Waals surface area contributed by atoms with Gasteiger partial charge in [-0.15, -0.1) is 0 Å². The maximum atomic E-state index is 11.0. The van der Waals surface area contributed by atoms with Crippen LogP contribution < -0.4 is 5.19 Å². The average molecular weight is 272 g/mol. The van der Waals surface area contributed by atoms with Gasteiger partial charge in [0.15, 0.2) is 0 Å². The highest BCUT2D eigenvalue weighted by molar-refractivity contribution is 6.96. The van der Waals surface area contributed by atoms with E-state index in [2.05, 4.69) is 49.0 Å². The number of hydrogen-bond donors (Lipinski definition) is 0. The van der Waals surface area contributed by atoms with E-state index in [-0.39, 0.29) is 0 Å². The van der Waals surface area contributed by atoms with Gasteiger partial charge in [0, 0.05) is 5.92 Å². The van der Waals surface area contributed by atoms with Gasteiger partial charge in [0.2, 0.25) is 0 Å². The summed E-state index contributed by atoms with van der Waals surface area (Å²) in [5, 5.41) is 1.55. The highest BCUT2D eigenvalue weighted by atomic mass is 28.3. The molecule has 0 radical (unpaired) electrons. The Morgan fingerprint density at radius 3 is 2.47 bits per heavy atom. The van der Waals surface area contributed by atoms with Crippen LogP contribution in [0.1, 0.15) is 32.6 Å². The van der Waals surface area contributed by atoms with Crippen LogP contribution in [0.4, 0.5) is 0 Å². The number of carbonyl (C=O) groups is 1. The summed E-state index contributed by atoms with van der Waals surface area (Å²) >= 11 is 0. The summed E-state index contributed by atoms with van der Waals surface area (Å²) in [6.07, 6.45) is 8.12. The summed E-state index contributed by atoms with van der Waals surface area (Å²) in [5.41, 5.74) is 2.55. The van der Waals surface area contributed by atoms with Gasteiger partial charge in [0.1, 0.15) is 14.4 Å². The quantitative estimate of drug-likeness (QED) is 0.588. The SMILES string of the molecule is CCCC=C[Si]1(c2ccccc2)CCC(C=O)CC1. The zero-order chi connectivity index (χ0) is 13.6. The van der Waals surface area contributed by atoms with Crippen molar-refractivity contribution in [2.24, 2.45) is 5.92 Å². The number of rotatable bonds is 5. The van der Waals surface area contributed by atoms with E-state index in [1.807, 2.05) is 0 Å². The van der Waals surface area contributed by atoms with Gasteiger partial charge in [-0.05, 0) is 31.4 Å². The fraction of sp³-hybridized carbons (Fsp3) is 0.471. The van der Waals surface area contributed by atoms with Crippen LogP contribution >= 0.6 is 0 Å². The summed E-state index contributed by atoms with van der Waals surface area (Å²) in [7, 11) is -1.49. The van der Waals surface area contributed by atoms with Crippen LogP contribution in [0.15, 0.2) is 42.1 Å². The Morgan fingerprint density at radius 2 is 1.89 bits per heavy atom. The molecule has 2 heteroatoms. The second-order valence-electron chi connectivity index (χ2n) is 5.69. The molecule has 1 aliphatic heterocycles. The predicted octanol–water partition coefficient (Wildman–Crippen LogP) is 3.85. The van der Waals surface area contributed by atoms with E-state index in [0.717, 1.165) is 12.8 Å².